The predicted octanol–water partition coefficient (Wildman–Crippen LogP) is 3.62. The van der Waals surface area contributed by atoms with Crippen molar-refractivity contribution in [3.63, 3.8) is 0 Å². The Balaban J connectivity index is 1.71. The summed E-state index contributed by atoms with van der Waals surface area (Å²) in [4.78, 5) is 2.42. The number of halogens is 2. The zero-order chi connectivity index (χ0) is 14.8. The van der Waals surface area contributed by atoms with Crippen molar-refractivity contribution in [3.05, 3.63) is 35.4 Å². The van der Waals surface area contributed by atoms with Gasteiger partial charge in [0.25, 0.3) is 0 Å². The van der Waals surface area contributed by atoms with Crippen LogP contribution in [0, 0.1) is 17.6 Å². The Kier molecular flexibility index (Phi) is 4.55. The summed E-state index contributed by atoms with van der Waals surface area (Å²) in [5, 5.41) is 0. The lowest BCUT2D eigenvalue weighted by molar-refractivity contribution is 0.0559. The molecule has 3 rings (SSSR count). The van der Waals surface area contributed by atoms with Crippen LogP contribution in [0.4, 0.5) is 8.78 Å². The number of piperidine rings is 1. The predicted molar refractivity (Wildman–Crippen MR) is 79.8 cm³/mol. The minimum Gasteiger partial charge on any atom is -0.323 e. The van der Waals surface area contributed by atoms with Gasteiger partial charge >= 0.3 is 0 Å². The lowest BCUT2D eigenvalue weighted by Crippen LogP contribution is -2.49. The summed E-state index contributed by atoms with van der Waals surface area (Å²) in [5.41, 5.74) is 6.47. The highest BCUT2D eigenvalue weighted by Crippen LogP contribution is 2.36. The van der Waals surface area contributed by atoms with Crippen LogP contribution in [0.2, 0.25) is 0 Å². The average molecular weight is 294 g/mol. The van der Waals surface area contributed by atoms with Gasteiger partial charge in [-0.15, -0.1) is 0 Å². The highest BCUT2D eigenvalue weighted by atomic mass is 19.1. The second-order valence-electron chi connectivity index (χ2n) is 6.52. The Labute approximate surface area is 125 Å². The molecule has 4 heteroatoms. The lowest BCUT2D eigenvalue weighted by Gasteiger charge is -2.45. The lowest BCUT2D eigenvalue weighted by atomic mass is 9.78. The quantitative estimate of drug-likeness (QED) is 0.922. The monoisotopic (exact) mass is 294 g/mol. The Morgan fingerprint density at radius 2 is 1.90 bits per heavy atom. The molecule has 21 heavy (non-hydrogen) atoms. The van der Waals surface area contributed by atoms with E-state index in [1.54, 1.807) is 0 Å². The highest BCUT2D eigenvalue weighted by molar-refractivity contribution is 5.22. The topological polar surface area (TPSA) is 29.3 Å². The van der Waals surface area contributed by atoms with Gasteiger partial charge < -0.3 is 5.73 Å². The average Bonchev–Trinajstić information content (AvgIpc) is 2.50. The number of likely N-dealkylation sites (tertiary alicyclic amines) is 1. The van der Waals surface area contributed by atoms with Crippen molar-refractivity contribution in [3.8, 4) is 0 Å². The molecule has 1 aromatic rings. The molecule has 1 aliphatic heterocycles. The number of rotatable bonds is 3. The fraction of sp³-hybridized carbons (Fsp3) is 0.647. The van der Waals surface area contributed by atoms with E-state index in [1.165, 1.54) is 50.7 Å². The number of hydrogen-bond donors (Lipinski definition) is 1. The van der Waals surface area contributed by atoms with Gasteiger partial charge in [-0.3, -0.25) is 4.90 Å². The van der Waals surface area contributed by atoms with Gasteiger partial charge in [-0.1, -0.05) is 12.8 Å². The van der Waals surface area contributed by atoms with Crippen LogP contribution >= 0.6 is 0 Å². The van der Waals surface area contributed by atoms with E-state index < -0.39 is 17.7 Å². The first-order valence-electron chi connectivity index (χ1n) is 8.09. The largest absolute Gasteiger partial charge is 0.323 e. The van der Waals surface area contributed by atoms with E-state index in [0.717, 1.165) is 18.5 Å². The normalized spacial score (nSPS) is 28.1. The molecule has 1 aromatic carbocycles. The third kappa shape index (κ3) is 3.27. The molecule has 0 amide bonds. The molecule has 1 aliphatic carbocycles. The van der Waals surface area contributed by atoms with Gasteiger partial charge in [0.15, 0.2) is 0 Å². The summed E-state index contributed by atoms with van der Waals surface area (Å²) >= 11 is 0. The van der Waals surface area contributed by atoms with Gasteiger partial charge in [-0.2, -0.15) is 0 Å². The molecule has 1 heterocycles. The van der Waals surface area contributed by atoms with E-state index in [0.29, 0.717) is 18.2 Å². The summed E-state index contributed by atoms with van der Waals surface area (Å²) in [5.74, 6) is -0.0470. The first kappa shape index (κ1) is 14.9. The molecule has 2 fully saturated rings. The zero-order valence-corrected chi connectivity index (χ0v) is 12.4. The van der Waals surface area contributed by atoms with Crippen LogP contribution in [-0.4, -0.2) is 24.0 Å². The first-order valence-corrected chi connectivity index (χ1v) is 8.09. The zero-order valence-electron chi connectivity index (χ0n) is 12.4. The van der Waals surface area contributed by atoms with Gasteiger partial charge in [0.05, 0.1) is 0 Å². The molecular formula is C17H24F2N2. The van der Waals surface area contributed by atoms with Crippen LogP contribution in [0.1, 0.15) is 50.1 Å². The van der Waals surface area contributed by atoms with Crippen LogP contribution in [0.3, 0.4) is 0 Å². The van der Waals surface area contributed by atoms with E-state index >= 15 is 0 Å². The van der Waals surface area contributed by atoms with Crippen molar-refractivity contribution in [1.82, 2.24) is 4.90 Å². The van der Waals surface area contributed by atoms with E-state index in [9.17, 15) is 8.78 Å². The smallest absolute Gasteiger partial charge is 0.128 e. The second kappa shape index (κ2) is 6.41. The minimum absolute atomic E-state index is 0.299. The highest BCUT2D eigenvalue weighted by Gasteiger charge is 2.34. The third-order valence-electron chi connectivity index (χ3n) is 5.15. The van der Waals surface area contributed by atoms with Crippen molar-refractivity contribution in [2.24, 2.45) is 11.7 Å². The molecule has 1 saturated carbocycles. The van der Waals surface area contributed by atoms with Crippen molar-refractivity contribution < 1.29 is 8.78 Å². The van der Waals surface area contributed by atoms with Crippen LogP contribution in [0.5, 0.6) is 0 Å². The Morgan fingerprint density at radius 3 is 2.76 bits per heavy atom. The van der Waals surface area contributed by atoms with Crippen LogP contribution in [0.25, 0.3) is 0 Å². The Morgan fingerprint density at radius 1 is 1.14 bits per heavy atom. The number of hydrogen-bond acceptors (Lipinski definition) is 2. The van der Waals surface area contributed by atoms with Crippen LogP contribution in [0.15, 0.2) is 18.2 Å². The maximum absolute atomic E-state index is 13.8. The van der Waals surface area contributed by atoms with Gasteiger partial charge in [-0.05, 0) is 56.3 Å². The summed E-state index contributed by atoms with van der Waals surface area (Å²) in [7, 11) is 0. The van der Waals surface area contributed by atoms with Gasteiger partial charge in [0.2, 0.25) is 0 Å². The second-order valence-corrected chi connectivity index (χ2v) is 6.52. The van der Waals surface area contributed by atoms with E-state index in [2.05, 4.69) is 4.90 Å². The molecule has 3 atom stereocenters. The summed E-state index contributed by atoms with van der Waals surface area (Å²) < 4.78 is 27.2. The van der Waals surface area contributed by atoms with Crippen molar-refractivity contribution in [2.75, 3.05) is 13.1 Å². The number of nitrogens with two attached hydrogens (primary N) is 1. The summed E-state index contributed by atoms with van der Waals surface area (Å²) in [6.07, 6.45) is 7.65. The molecule has 2 aliphatic rings. The molecule has 116 valence electrons. The third-order valence-corrected chi connectivity index (χ3v) is 5.15. The number of benzene rings is 1. The molecule has 1 unspecified atom stereocenters. The van der Waals surface area contributed by atoms with Crippen LogP contribution in [-0.2, 0) is 0 Å². The first-order chi connectivity index (χ1) is 10.1. The number of fused-ring (bicyclic) bond motifs is 1. The summed E-state index contributed by atoms with van der Waals surface area (Å²) in [6.45, 7) is 1.66. The van der Waals surface area contributed by atoms with Crippen molar-refractivity contribution in [1.29, 1.82) is 0 Å². The standard InChI is InChI=1S/C17H24F2N2/c18-13-7-8-15(19)14(10-13)16(20)11-21-9-3-5-12-4-1-2-6-17(12)21/h7-8,10,12,16-17H,1-6,9,11,20H2/t12-,16?,17-/m1/s1. The Bertz CT molecular complexity index is 490. The molecule has 2 nitrogen and oxygen atoms in total. The molecule has 2 N–H and O–H groups in total. The maximum atomic E-state index is 13.8. The molecule has 0 spiro atoms. The van der Waals surface area contributed by atoms with Gasteiger partial charge in [-0.25, -0.2) is 8.78 Å². The van der Waals surface area contributed by atoms with E-state index in [4.69, 9.17) is 5.73 Å². The molecular weight excluding hydrogens is 270 g/mol. The number of nitrogens with zero attached hydrogens (tertiary/aromatic N) is 1. The van der Waals surface area contributed by atoms with Crippen molar-refractivity contribution in [2.45, 2.75) is 50.6 Å². The Hall–Kier alpha value is -1.00. The van der Waals surface area contributed by atoms with Crippen LogP contribution < -0.4 is 5.73 Å². The van der Waals surface area contributed by atoms with Crippen molar-refractivity contribution >= 4 is 0 Å². The molecule has 0 bridgehead atoms. The van der Waals surface area contributed by atoms with E-state index in [-0.39, 0.29) is 0 Å². The minimum atomic E-state index is -0.457. The fourth-order valence-electron chi connectivity index (χ4n) is 4.10. The van der Waals surface area contributed by atoms with Gasteiger partial charge in [0.1, 0.15) is 11.6 Å². The maximum Gasteiger partial charge on any atom is 0.128 e. The van der Waals surface area contributed by atoms with Gasteiger partial charge in [0, 0.05) is 24.2 Å². The fourth-order valence-corrected chi connectivity index (χ4v) is 4.10. The molecule has 0 radical (unpaired) electrons. The summed E-state index contributed by atoms with van der Waals surface area (Å²) in [6, 6.07) is 3.69. The molecule has 0 aromatic heterocycles. The molecule has 1 saturated heterocycles. The SMILES string of the molecule is NC(CN1CCC[C@H]2CCCC[C@H]21)c1cc(F)ccc1F. The van der Waals surface area contributed by atoms with E-state index in [1.807, 2.05) is 0 Å².